The van der Waals surface area contributed by atoms with Gasteiger partial charge < -0.3 is 9.47 Å². The smallest absolute Gasteiger partial charge is 0.422 e. The summed E-state index contributed by atoms with van der Waals surface area (Å²) in [5.41, 5.74) is 0. The molecule has 19 heavy (non-hydrogen) atoms. The molecule has 112 valence electrons. The van der Waals surface area contributed by atoms with Gasteiger partial charge in [0, 0.05) is 6.42 Å². The second kappa shape index (κ2) is 7.03. The molecule has 10 nitrogen and oxygen atoms in total. The summed E-state index contributed by atoms with van der Waals surface area (Å²) in [7, 11) is -10.5. The van der Waals surface area contributed by atoms with Crippen LogP contribution in [0.25, 0.3) is 0 Å². The summed E-state index contributed by atoms with van der Waals surface area (Å²) in [5.74, 6) is 0. The number of carbonyl (C=O) groups excluding carboxylic acids is 2. The zero-order chi connectivity index (χ0) is 15.1. The molecule has 0 saturated carbocycles. The van der Waals surface area contributed by atoms with Crippen LogP contribution in [0.5, 0.6) is 0 Å². The van der Waals surface area contributed by atoms with E-state index in [0.29, 0.717) is 0 Å². The maximum absolute atomic E-state index is 11.9. The first-order valence-electron chi connectivity index (χ1n) is 4.28. The van der Waals surface area contributed by atoms with E-state index >= 15 is 0 Å². The fourth-order valence-corrected chi connectivity index (χ4v) is 1.16. The molecule has 0 aromatic heterocycles. The average molecular weight is 326 g/mol. The van der Waals surface area contributed by atoms with E-state index in [1.54, 1.807) is 0 Å². The lowest BCUT2D eigenvalue weighted by molar-refractivity contribution is 0.124. The number of carbonyl (C=O) groups is 2. The highest BCUT2D eigenvalue weighted by molar-refractivity contribution is 7.85. The highest BCUT2D eigenvalue weighted by Crippen LogP contribution is 1.91. The first-order chi connectivity index (χ1) is 8.49. The SMILES string of the molecule is O=C(NS(=O)(=O)F)OCCCOC(=O)NS(=O)(=O)F. The van der Waals surface area contributed by atoms with Gasteiger partial charge in [-0.25, -0.2) is 9.59 Å². The number of hydrogen-bond acceptors (Lipinski definition) is 8. The monoisotopic (exact) mass is 326 g/mol. The Hall–Kier alpha value is -1.70. The summed E-state index contributed by atoms with van der Waals surface area (Å²) in [4.78, 5) is 21.1. The normalized spacial score (nSPS) is 11.5. The molecular weight excluding hydrogens is 318 g/mol. The van der Waals surface area contributed by atoms with Gasteiger partial charge in [0.2, 0.25) is 0 Å². The molecule has 0 aliphatic rings. The zero-order valence-electron chi connectivity index (χ0n) is 8.96. The van der Waals surface area contributed by atoms with E-state index in [9.17, 15) is 34.2 Å². The van der Waals surface area contributed by atoms with Crippen LogP contribution in [0.2, 0.25) is 0 Å². The molecular formula is C5H8F2N2O8S2. The Labute approximate surface area is 106 Å². The second-order valence-electron chi connectivity index (χ2n) is 2.71. The number of amides is 2. The maximum atomic E-state index is 11.9. The summed E-state index contributed by atoms with van der Waals surface area (Å²) >= 11 is 0. The van der Waals surface area contributed by atoms with Gasteiger partial charge in [0.1, 0.15) is 0 Å². The van der Waals surface area contributed by atoms with Crippen molar-refractivity contribution in [3.05, 3.63) is 0 Å². The summed E-state index contributed by atoms with van der Waals surface area (Å²) in [5, 5.41) is 0. The Morgan fingerprint density at radius 1 is 0.842 bits per heavy atom. The Morgan fingerprint density at radius 2 is 1.16 bits per heavy atom. The molecule has 0 atom stereocenters. The van der Waals surface area contributed by atoms with Crippen molar-refractivity contribution in [1.29, 1.82) is 0 Å². The van der Waals surface area contributed by atoms with E-state index in [-0.39, 0.29) is 6.42 Å². The van der Waals surface area contributed by atoms with Gasteiger partial charge in [-0.15, -0.1) is 0 Å². The topological polar surface area (TPSA) is 145 Å². The zero-order valence-corrected chi connectivity index (χ0v) is 10.6. The molecule has 0 bridgehead atoms. The van der Waals surface area contributed by atoms with Crippen molar-refractivity contribution >= 4 is 33.0 Å². The Morgan fingerprint density at radius 3 is 1.42 bits per heavy atom. The van der Waals surface area contributed by atoms with Crippen molar-refractivity contribution in [3.63, 3.8) is 0 Å². The Bertz CT molecular complexity index is 481. The third kappa shape index (κ3) is 12.5. The fourth-order valence-electron chi connectivity index (χ4n) is 0.647. The summed E-state index contributed by atoms with van der Waals surface area (Å²) < 4.78 is 73.3. The third-order valence-corrected chi connectivity index (χ3v) is 1.99. The van der Waals surface area contributed by atoms with Gasteiger partial charge in [-0.05, 0) is 0 Å². The lowest BCUT2D eigenvalue weighted by atomic mass is 10.5. The predicted octanol–water partition coefficient (Wildman–Crippen LogP) is -0.742. The van der Waals surface area contributed by atoms with Crippen LogP contribution in [0, 0.1) is 0 Å². The van der Waals surface area contributed by atoms with Gasteiger partial charge in [-0.2, -0.15) is 26.3 Å². The van der Waals surface area contributed by atoms with Crippen LogP contribution in [0.3, 0.4) is 0 Å². The molecule has 0 unspecified atom stereocenters. The molecule has 0 aromatic carbocycles. The van der Waals surface area contributed by atoms with Gasteiger partial charge >= 0.3 is 33.0 Å². The van der Waals surface area contributed by atoms with Crippen LogP contribution in [0.4, 0.5) is 17.4 Å². The third-order valence-electron chi connectivity index (χ3n) is 1.17. The molecule has 0 spiro atoms. The van der Waals surface area contributed by atoms with Crippen molar-refractivity contribution < 1.29 is 43.7 Å². The van der Waals surface area contributed by atoms with Gasteiger partial charge in [0.25, 0.3) is 0 Å². The summed E-state index contributed by atoms with van der Waals surface area (Å²) in [6.07, 6.45) is -3.34. The largest absolute Gasteiger partial charge is 0.449 e. The predicted molar refractivity (Wildman–Crippen MR) is 53.6 cm³/mol. The quantitative estimate of drug-likeness (QED) is 0.479. The number of ether oxygens (including phenoxy) is 2. The molecule has 2 N–H and O–H groups in total. The fraction of sp³-hybridized carbons (Fsp3) is 0.600. The molecule has 0 rings (SSSR count). The van der Waals surface area contributed by atoms with Crippen molar-refractivity contribution in [2.45, 2.75) is 6.42 Å². The number of rotatable bonds is 6. The first kappa shape index (κ1) is 17.3. The molecule has 2 amide bonds. The van der Waals surface area contributed by atoms with E-state index in [0.717, 1.165) is 9.44 Å². The minimum atomic E-state index is -5.23. The van der Waals surface area contributed by atoms with E-state index in [1.807, 2.05) is 0 Å². The molecule has 0 aliphatic heterocycles. The van der Waals surface area contributed by atoms with Crippen LogP contribution in [-0.2, 0) is 30.3 Å². The van der Waals surface area contributed by atoms with E-state index in [1.165, 1.54) is 0 Å². The van der Waals surface area contributed by atoms with Crippen LogP contribution in [0.1, 0.15) is 6.42 Å². The second-order valence-corrected chi connectivity index (χ2v) is 4.86. The van der Waals surface area contributed by atoms with Crippen molar-refractivity contribution in [1.82, 2.24) is 9.44 Å². The molecule has 0 saturated heterocycles. The van der Waals surface area contributed by atoms with Crippen LogP contribution in [0.15, 0.2) is 0 Å². The molecule has 0 fully saturated rings. The number of halogens is 2. The van der Waals surface area contributed by atoms with Crippen LogP contribution < -0.4 is 9.44 Å². The lowest BCUT2D eigenvalue weighted by Gasteiger charge is -2.05. The maximum Gasteiger partial charge on any atom is 0.422 e. The van der Waals surface area contributed by atoms with E-state index in [2.05, 4.69) is 9.47 Å². The minimum absolute atomic E-state index is 0.167. The lowest BCUT2D eigenvalue weighted by Crippen LogP contribution is -2.29. The van der Waals surface area contributed by atoms with Gasteiger partial charge in [0.05, 0.1) is 13.2 Å². The molecule has 0 heterocycles. The van der Waals surface area contributed by atoms with Crippen molar-refractivity contribution in [2.75, 3.05) is 13.2 Å². The van der Waals surface area contributed by atoms with E-state index in [4.69, 9.17) is 0 Å². The van der Waals surface area contributed by atoms with E-state index < -0.39 is 46.2 Å². The van der Waals surface area contributed by atoms with Crippen LogP contribution >= 0.6 is 0 Å². The highest BCUT2D eigenvalue weighted by Gasteiger charge is 2.14. The molecule has 0 radical (unpaired) electrons. The summed E-state index contributed by atoms with van der Waals surface area (Å²) in [6, 6.07) is 0. The van der Waals surface area contributed by atoms with Crippen molar-refractivity contribution in [3.8, 4) is 0 Å². The van der Waals surface area contributed by atoms with Crippen molar-refractivity contribution in [2.24, 2.45) is 0 Å². The Kier molecular flexibility index (Phi) is 6.40. The first-order valence-corrected chi connectivity index (χ1v) is 7.04. The summed E-state index contributed by atoms with van der Waals surface area (Å²) in [6.45, 7) is -0.923. The van der Waals surface area contributed by atoms with Gasteiger partial charge in [-0.1, -0.05) is 7.77 Å². The molecule has 14 heteroatoms. The highest BCUT2D eigenvalue weighted by atomic mass is 32.3. The Balaban J connectivity index is 3.72. The average Bonchev–Trinajstić information content (AvgIpc) is 2.10. The molecule has 0 aliphatic carbocycles. The number of nitrogens with one attached hydrogen (secondary N) is 2. The van der Waals surface area contributed by atoms with Crippen LogP contribution in [-0.4, -0.2) is 42.2 Å². The number of hydrogen-bond donors (Lipinski definition) is 2. The molecule has 0 aromatic rings. The standard InChI is InChI=1S/C5H8F2N2O8S2/c6-18(12,13)8-4(10)16-2-1-3-17-5(11)9-19(7,14)15/h1-3H2,(H,8,10)(H,9,11). The van der Waals surface area contributed by atoms with Gasteiger partial charge in [0.15, 0.2) is 0 Å². The minimum Gasteiger partial charge on any atom is -0.449 e. The van der Waals surface area contributed by atoms with Gasteiger partial charge in [-0.3, -0.25) is 0 Å².